The Morgan fingerprint density at radius 1 is 0.857 bits per heavy atom. The van der Waals surface area contributed by atoms with E-state index in [2.05, 4.69) is 0 Å². The molecule has 4 heteroatoms. The van der Waals surface area contributed by atoms with Crippen LogP contribution >= 0.6 is 0 Å². The molecule has 0 bridgehead atoms. The lowest BCUT2D eigenvalue weighted by atomic mass is 9.57. The van der Waals surface area contributed by atoms with Gasteiger partial charge in [0.15, 0.2) is 0 Å². The maximum absolute atomic E-state index is 12.3. The Bertz CT molecular complexity index is 351. The Morgan fingerprint density at radius 3 is 1.90 bits per heavy atom. The Kier molecular flexibility index (Phi) is 5.67. The second-order valence-electron chi connectivity index (χ2n) is 7.25. The molecule has 0 aromatic carbocycles. The molecule has 21 heavy (non-hydrogen) atoms. The van der Waals surface area contributed by atoms with Gasteiger partial charge in [-0.1, -0.05) is 57.8 Å². The highest BCUT2D eigenvalue weighted by atomic mass is 16.4. The second kappa shape index (κ2) is 7.10. The molecule has 4 nitrogen and oxygen atoms in total. The Labute approximate surface area is 128 Å². The first-order chi connectivity index (χ1) is 10.0. The van der Waals surface area contributed by atoms with Crippen molar-refractivity contribution in [3.8, 4) is 0 Å². The summed E-state index contributed by atoms with van der Waals surface area (Å²) in [5.74, 6) is -0.706. The highest BCUT2D eigenvalue weighted by molar-refractivity contribution is 5.77. The van der Waals surface area contributed by atoms with Gasteiger partial charge in [0.25, 0.3) is 0 Å². The van der Waals surface area contributed by atoms with Gasteiger partial charge < -0.3 is 16.6 Å². The summed E-state index contributed by atoms with van der Waals surface area (Å²) in [6, 6.07) is -0.187. The lowest BCUT2D eigenvalue weighted by Gasteiger charge is -2.50. The maximum atomic E-state index is 12.3. The summed E-state index contributed by atoms with van der Waals surface area (Å²) in [6.07, 6.45) is 12.9. The van der Waals surface area contributed by atoms with Gasteiger partial charge in [-0.15, -0.1) is 0 Å². The van der Waals surface area contributed by atoms with Gasteiger partial charge in [-0.05, 0) is 25.7 Å². The van der Waals surface area contributed by atoms with Gasteiger partial charge in [-0.2, -0.15) is 0 Å². The third-order valence-electron chi connectivity index (χ3n) is 6.02. The first kappa shape index (κ1) is 16.8. The number of carboxylic acid groups (broad SMARTS) is 1. The van der Waals surface area contributed by atoms with E-state index in [9.17, 15) is 9.90 Å². The quantitative estimate of drug-likeness (QED) is 0.730. The molecule has 0 aromatic heterocycles. The molecule has 2 aliphatic carbocycles. The number of hydrogen-bond donors (Lipinski definition) is 3. The van der Waals surface area contributed by atoms with Crippen LogP contribution in [0, 0.1) is 5.41 Å². The summed E-state index contributed by atoms with van der Waals surface area (Å²) in [6.45, 7) is 0. The van der Waals surface area contributed by atoms with Crippen molar-refractivity contribution in [3.63, 3.8) is 0 Å². The van der Waals surface area contributed by atoms with Crippen molar-refractivity contribution in [3.05, 3.63) is 0 Å². The van der Waals surface area contributed by atoms with E-state index in [0.29, 0.717) is 12.8 Å². The van der Waals surface area contributed by atoms with Crippen LogP contribution in [0.25, 0.3) is 0 Å². The predicted molar refractivity (Wildman–Crippen MR) is 85.0 cm³/mol. The first-order valence-electron chi connectivity index (χ1n) is 8.81. The van der Waals surface area contributed by atoms with Crippen LogP contribution in [-0.2, 0) is 4.79 Å². The maximum Gasteiger partial charge on any atom is 0.311 e. The summed E-state index contributed by atoms with van der Waals surface area (Å²) in [5, 5.41) is 10.1. The van der Waals surface area contributed by atoms with E-state index < -0.39 is 16.9 Å². The molecule has 0 aromatic rings. The highest BCUT2D eigenvalue weighted by Gasteiger charge is 2.56. The molecule has 2 atom stereocenters. The first-order valence-corrected chi connectivity index (χ1v) is 8.81. The smallest absolute Gasteiger partial charge is 0.311 e. The van der Waals surface area contributed by atoms with E-state index in [4.69, 9.17) is 11.5 Å². The van der Waals surface area contributed by atoms with Crippen LogP contribution in [0.4, 0.5) is 0 Å². The van der Waals surface area contributed by atoms with Crippen LogP contribution in [0.15, 0.2) is 0 Å². The van der Waals surface area contributed by atoms with Crippen molar-refractivity contribution >= 4 is 5.97 Å². The van der Waals surface area contributed by atoms with Crippen LogP contribution in [0.5, 0.6) is 0 Å². The molecule has 5 N–H and O–H groups in total. The molecule has 2 aliphatic rings. The number of aliphatic carboxylic acids is 1. The van der Waals surface area contributed by atoms with Gasteiger partial charge in [-0.3, -0.25) is 4.79 Å². The zero-order chi connectivity index (χ0) is 15.3. The molecule has 0 heterocycles. The van der Waals surface area contributed by atoms with Crippen molar-refractivity contribution < 1.29 is 9.90 Å². The SMILES string of the molecule is NC1CCCCCCC1(N)C1(C(=O)O)CCCCCCC1. The number of hydrogen-bond acceptors (Lipinski definition) is 3. The van der Waals surface area contributed by atoms with Crippen LogP contribution in [-0.4, -0.2) is 22.7 Å². The minimum absolute atomic E-state index is 0.187. The molecule has 0 spiro atoms. The van der Waals surface area contributed by atoms with E-state index in [1.165, 1.54) is 12.8 Å². The largest absolute Gasteiger partial charge is 0.481 e. The lowest BCUT2D eigenvalue weighted by Crippen LogP contribution is -2.68. The van der Waals surface area contributed by atoms with Crippen LogP contribution in [0.3, 0.4) is 0 Å². The summed E-state index contributed by atoms with van der Waals surface area (Å²) in [5.41, 5.74) is 11.7. The van der Waals surface area contributed by atoms with E-state index >= 15 is 0 Å². The second-order valence-corrected chi connectivity index (χ2v) is 7.25. The number of carbonyl (C=O) groups is 1. The molecule has 2 saturated carbocycles. The molecule has 122 valence electrons. The third kappa shape index (κ3) is 3.26. The monoisotopic (exact) mass is 296 g/mol. The highest BCUT2D eigenvalue weighted by Crippen LogP contribution is 2.47. The topological polar surface area (TPSA) is 89.3 Å². The fourth-order valence-corrected chi connectivity index (χ4v) is 4.56. The van der Waals surface area contributed by atoms with Crippen molar-refractivity contribution in [1.82, 2.24) is 0 Å². The standard InChI is InChI=1S/C17H32N2O2/c18-14-10-6-2-5-9-13-17(14,19)16(15(20)21)11-7-3-1-4-8-12-16/h14H,1-13,18-19H2,(H,20,21). The average Bonchev–Trinajstić information content (AvgIpc) is 2.40. The van der Waals surface area contributed by atoms with E-state index in [0.717, 1.165) is 57.8 Å². The van der Waals surface area contributed by atoms with E-state index in [-0.39, 0.29) is 6.04 Å². The summed E-state index contributed by atoms with van der Waals surface area (Å²) in [4.78, 5) is 12.3. The van der Waals surface area contributed by atoms with Crippen LogP contribution in [0.2, 0.25) is 0 Å². The predicted octanol–water partition coefficient (Wildman–Crippen LogP) is 3.18. The Morgan fingerprint density at radius 2 is 1.33 bits per heavy atom. The molecular formula is C17H32N2O2. The van der Waals surface area contributed by atoms with Crippen molar-refractivity contribution in [1.29, 1.82) is 0 Å². The van der Waals surface area contributed by atoms with Gasteiger partial charge >= 0.3 is 5.97 Å². The molecular weight excluding hydrogens is 264 g/mol. The molecule has 0 saturated heterocycles. The lowest BCUT2D eigenvalue weighted by molar-refractivity contribution is -0.157. The number of rotatable bonds is 2. The zero-order valence-electron chi connectivity index (χ0n) is 13.3. The summed E-state index contributed by atoms with van der Waals surface area (Å²) in [7, 11) is 0. The molecule has 2 rings (SSSR count). The molecule has 2 fully saturated rings. The van der Waals surface area contributed by atoms with Gasteiger partial charge in [0.05, 0.1) is 5.41 Å². The normalized spacial score (nSPS) is 35.0. The fraction of sp³-hybridized carbons (Fsp3) is 0.941. The number of nitrogens with two attached hydrogens (primary N) is 2. The Balaban J connectivity index is 2.33. The summed E-state index contributed by atoms with van der Waals surface area (Å²) < 4.78 is 0. The molecule has 0 amide bonds. The fourth-order valence-electron chi connectivity index (χ4n) is 4.56. The third-order valence-corrected chi connectivity index (χ3v) is 6.02. The van der Waals surface area contributed by atoms with E-state index in [1.54, 1.807) is 0 Å². The van der Waals surface area contributed by atoms with Gasteiger partial charge in [0.2, 0.25) is 0 Å². The summed E-state index contributed by atoms with van der Waals surface area (Å²) >= 11 is 0. The average molecular weight is 296 g/mol. The van der Waals surface area contributed by atoms with Gasteiger partial charge in [0.1, 0.15) is 0 Å². The Hall–Kier alpha value is -0.610. The van der Waals surface area contributed by atoms with Crippen molar-refractivity contribution in [2.75, 3.05) is 0 Å². The van der Waals surface area contributed by atoms with E-state index in [1.807, 2.05) is 0 Å². The van der Waals surface area contributed by atoms with Gasteiger partial charge in [0, 0.05) is 11.6 Å². The van der Waals surface area contributed by atoms with Crippen LogP contribution < -0.4 is 11.5 Å². The van der Waals surface area contributed by atoms with Crippen molar-refractivity contribution in [2.45, 2.75) is 95.1 Å². The van der Waals surface area contributed by atoms with Crippen LogP contribution in [0.1, 0.15) is 83.5 Å². The number of carboxylic acids is 1. The molecule has 0 radical (unpaired) electrons. The van der Waals surface area contributed by atoms with Crippen molar-refractivity contribution in [2.24, 2.45) is 16.9 Å². The van der Waals surface area contributed by atoms with Gasteiger partial charge in [-0.25, -0.2) is 0 Å². The zero-order valence-corrected chi connectivity index (χ0v) is 13.3. The minimum atomic E-state index is -0.815. The molecule has 0 aliphatic heterocycles. The molecule has 2 unspecified atom stereocenters. The minimum Gasteiger partial charge on any atom is -0.481 e.